The summed E-state index contributed by atoms with van der Waals surface area (Å²) in [6.07, 6.45) is 7.12. The summed E-state index contributed by atoms with van der Waals surface area (Å²) in [4.78, 5) is 30.0. The number of nitrogens with zero attached hydrogens (tertiary/aromatic N) is 8. The SMILES string of the molecule is CC1(C)OB(c2cccc3c2oc2cnccc23)OC1(C)C.Clc1nc2ccc3ccccc3c2nc1-n1c2ccccc2c2c3ccccc3c3c4cc5ccccc5cc4sc3c21.c1ccc2cc3c(cc2c1)sc1c3c2ccccc2c2c3ccccc3n(-c3nc4c(ccc5ccccc54)nc3-c3cccc4c3oc3cnccc34)c12. The van der Waals surface area contributed by atoms with Crippen LogP contribution in [0.4, 0.5) is 0 Å². The summed E-state index contributed by atoms with van der Waals surface area (Å²) in [5, 5.41) is 28.7. The number of thiophene rings is 2. The molecular formula is C104H64BClN8O4S2. The number of para-hydroxylation sites is 4. The Kier molecular flexibility index (Phi) is 15.0. The maximum absolute atomic E-state index is 7.07. The fourth-order valence-corrected chi connectivity index (χ4v) is 21.7. The van der Waals surface area contributed by atoms with E-state index in [-0.39, 0.29) is 11.2 Å². The van der Waals surface area contributed by atoms with Crippen LogP contribution in [-0.4, -0.2) is 57.4 Å². The fraction of sp³-hybridized carbons (Fsp3) is 0.0577. The second-order valence-electron chi connectivity index (χ2n) is 32.2. The maximum Gasteiger partial charge on any atom is 0.498 e. The van der Waals surface area contributed by atoms with Crippen LogP contribution in [0, 0.1) is 0 Å². The molecule has 1 aliphatic heterocycles. The maximum atomic E-state index is 7.07. The number of halogens is 1. The molecule has 11 heterocycles. The van der Waals surface area contributed by atoms with Gasteiger partial charge in [-0.05, 0) is 148 Å². The Balaban J connectivity index is 0.000000109. The number of furan rings is 2. The summed E-state index contributed by atoms with van der Waals surface area (Å²) < 4.78 is 34.6. The van der Waals surface area contributed by atoms with E-state index in [4.69, 9.17) is 49.7 Å². The Bertz CT molecular complexity index is 8950. The molecule has 16 heteroatoms. The highest BCUT2D eigenvalue weighted by Crippen LogP contribution is 2.53. The number of rotatable bonds is 4. The molecule has 16 aromatic carbocycles. The smallest absolute Gasteiger partial charge is 0.455 e. The molecule has 0 bridgehead atoms. The summed E-state index contributed by atoms with van der Waals surface area (Å²) in [5.41, 5.74) is 12.7. The van der Waals surface area contributed by atoms with Gasteiger partial charge in [0.1, 0.15) is 16.9 Å². The molecule has 120 heavy (non-hydrogen) atoms. The number of fused-ring (bicyclic) bond motifs is 34. The first-order valence-electron chi connectivity index (χ1n) is 40.2. The highest BCUT2D eigenvalue weighted by Gasteiger charge is 2.52. The first-order chi connectivity index (χ1) is 58.9. The Morgan fingerprint density at radius 1 is 0.342 bits per heavy atom. The molecule has 0 N–H and O–H groups in total. The van der Waals surface area contributed by atoms with Gasteiger partial charge in [-0.25, -0.2) is 19.9 Å². The highest BCUT2D eigenvalue weighted by atomic mass is 35.5. The summed E-state index contributed by atoms with van der Waals surface area (Å²) in [6, 6.07) is 103. The number of hydrogen-bond acceptors (Lipinski definition) is 12. The zero-order valence-electron chi connectivity index (χ0n) is 65.0. The van der Waals surface area contributed by atoms with E-state index in [1.165, 1.54) is 105 Å². The van der Waals surface area contributed by atoms with Gasteiger partial charge in [0.15, 0.2) is 28.0 Å². The largest absolute Gasteiger partial charge is 0.498 e. The van der Waals surface area contributed by atoms with E-state index in [1.54, 1.807) is 18.6 Å². The lowest BCUT2D eigenvalue weighted by atomic mass is 9.78. The van der Waals surface area contributed by atoms with Crippen LogP contribution in [0.15, 0.2) is 325 Å². The van der Waals surface area contributed by atoms with Crippen molar-refractivity contribution >= 4 is 261 Å². The van der Waals surface area contributed by atoms with Crippen LogP contribution >= 0.6 is 34.3 Å². The Hall–Kier alpha value is -14.0. The van der Waals surface area contributed by atoms with Crippen molar-refractivity contribution in [3.05, 3.63) is 321 Å². The van der Waals surface area contributed by atoms with Crippen molar-refractivity contribution in [2.24, 2.45) is 0 Å². The Labute approximate surface area is 696 Å². The van der Waals surface area contributed by atoms with E-state index in [1.807, 2.05) is 59.2 Å². The van der Waals surface area contributed by atoms with Gasteiger partial charge in [-0.3, -0.25) is 19.1 Å². The van der Waals surface area contributed by atoms with E-state index in [9.17, 15) is 0 Å². The monoisotopic (exact) mass is 1600 g/mol. The molecule has 0 atom stereocenters. The number of benzene rings is 16. The van der Waals surface area contributed by atoms with Crippen LogP contribution < -0.4 is 5.46 Å². The average molecular weight is 1600 g/mol. The first-order valence-corrected chi connectivity index (χ1v) is 42.2. The van der Waals surface area contributed by atoms with Crippen molar-refractivity contribution in [2.45, 2.75) is 38.9 Å². The van der Waals surface area contributed by atoms with Gasteiger partial charge in [-0.2, -0.15) is 0 Å². The predicted molar refractivity (Wildman–Crippen MR) is 501 cm³/mol. The van der Waals surface area contributed by atoms with Gasteiger partial charge in [0, 0.05) is 108 Å². The van der Waals surface area contributed by atoms with Gasteiger partial charge < -0.3 is 18.1 Å². The summed E-state index contributed by atoms with van der Waals surface area (Å²) in [5.74, 6) is 1.41. The number of pyridine rings is 2. The molecule has 1 aliphatic rings. The molecule has 0 saturated carbocycles. The van der Waals surface area contributed by atoms with Crippen LogP contribution in [0.1, 0.15) is 27.7 Å². The van der Waals surface area contributed by atoms with E-state index >= 15 is 0 Å². The molecule has 0 amide bonds. The fourth-order valence-electron chi connectivity index (χ4n) is 18.9. The third-order valence-electron chi connectivity index (χ3n) is 25.1. The quantitative estimate of drug-likeness (QED) is 0.124. The van der Waals surface area contributed by atoms with Crippen molar-refractivity contribution in [3.63, 3.8) is 0 Å². The van der Waals surface area contributed by atoms with Crippen molar-refractivity contribution < 1.29 is 18.1 Å². The lowest BCUT2D eigenvalue weighted by molar-refractivity contribution is 0.00578. The van der Waals surface area contributed by atoms with Crippen molar-refractivity contribution in [1.82, 2.24) is 39.0 Å². The zero-order valence-corrected chi connectivity index (χ0v) is 67.4. The summed E-state index contributed by atoms with van der Waals surface area (Å²) >= 11 is 10.8. The molecule has 0 aliphatic carbocycles. The Morgan fingerprint density at radius 2 is 0.750 bits per heavy atom. The standard InChI is InChI=1S/C49H26N4OS.C38H20ClN3S.C17H18BNO3/c1-2-12-29-25-41-37(24-28(29)11-1)43-33-15-6-5-14-32(33)42-35-16-7-8-19-39(35)53(46(42)48(43)55-41)49-45(51-38-21-20-27-10-3-4-13-30(27)44(38)52-49)36-18-9-17-34-31-22-23-50-26-40(31)54-47(34)36;39-37-38(41-34-24-12-4-3-9-21(24)17-18-29(34)40-37)42-30-16-8-7-15-27(30)32-25-13-5-6-14-26(25)33-28-19-22-10-1-2-11-23(22)20-31(28)43-36(33)35(32)42;1-16(2)17(3,4)22-18(21-16)13-7-5-6-12-11-8-9-19-10-14(11)20-15(12)13/h1-26H;1-20H;5-10H,1-4H3. The Morgan fingerprint density at radius 3 is 1.27 bits per heavy atom. The van der Waals surface area contributed by atoms with Gasteiger partial charge in [0.05, 0.1) is 77.1 Å². The van der Waals surface area contributed by atoms with Gasteiger partial charge in [-0.15, -0.1) is 22.7 Å². The second kappa shape index (κ2) is 26.0. The van der Waals surface area contributed by atoms with Crippen LogP contribution in [-0.2, 0) is 9.31 Å². The molecule has 12 nitrogen and oxygen atoms in total. The summed E-state index contributed by atoms with van der Waals surface area (Å²) in [6.45, 7) is 8.21. The molecule has 0 unspecified atom stereocenters. The van der Waals surface area contributed by atoms with Gasteiger partial charge in [-0.1, -0.05) is 236 Å². The lowest BCUT2D eigenvalue weighted by Gasteiger charge is -2.32. The van der Waals surface area contributed by atoms with E-state index < -0.39 is 7.12 Å². The van der Waals surface area contributed by atoms with E-state index in [0.717, 1.165) is 132 Å². The van der Waals surface area contributed by atoms with Crippen LogP contribution in [0.25, 0.3) is 237 Å². The molecule has 10 aromatic heterocycles. The topological polar surface area (TPSA) is 132 Å². The van der Waals surface area contributed by atoms with Crippen LogP contribution in [0.5, 0.6) is 0 Å². The number of hydrogen-bond donors (Lipinski definition) is 0. The zero-order chi connectivity index (χ0) is 79.5. The molecule has 1 fully saturated rings. The molecule has 26 aromatic rings. The van der Waals surface area contributed by atoms with Crippen molar-refractivity contribution in [2.75, 3.05) is 0 Å². The van der Waals surface area contributed by atoms with Crippen LogP contribution in [0.3, 0.4) is 0 Å². The minimum Gasteiger partial charge on any atom is -0.455 e. The molecule has 27 rings (SSSR count). The normalized spacial score (nSPS) is 13.8. The highest BCUT2D eigenvalue weighted by molar-refractivity contribution is 7.27. The predicted octanol–water partition coefficient (Wildman–Crippen LogP) is 28.0. The summed E-state index contributed by atoms with van der Waals surface area (Å²) in [7, 11) is -0.428. The number of aromatic nitrogens is 8. The minimum atomic E-state index is -0.428. The van der Waals surface area contributed by atoms with Gasteiger partial charge in [0.2, 0.25) is 0 Å². The van der Waals surface area contributed by atoms with Gasteiger partial charge in [0.25, 0.3) is 0 Å². The van der Waals surface area contributed by atoms with Gasteiger partial charge >= 0.3 is 7.12 Å². The first kappa shape index (κ1) is 69.1. The molecule has 0 spiro atoms. The van der Waals surface area contributed by atoms with Crippen molar-refractivity contribution in [3.8, 4) is 22.9 Å². The lowest BCUT2D eigenvalue weighted by Crippen LogP contribution is -2.41. The molecule has 566 valence electrons. The van der Waals surface area contributed by atoms with E-state index in [0.29, 0.717) is 11.0 Å². The third-order valence-corrected chi connectivity index (χ3v) is 27.7. The van der Waals surface area contributed by atoms with Crippen LogP contribution in [0.2, 0.25) is 5.15 Å². The minimum absolute atomic E-state index is 0.368. The van der Waals surface area contributed by atoms with E-state index in [2.05, 4.69) is 308 Å². The van der Waals surface area contributed by atoms with Crippen molar-refractivity contribution in [1.29, 1.82) is 0 Å². The third kappa shape index (κ3) is 10.2. The molecular weight excluding hydrogens is 1540 g/mol. The molecule has 1 saturated heterocycles. The second-order valence-corrected chi connectivity index (χ2v) is 34.7. The average Bonchev–Trinajstić information content (AvgIpc) is 1.53. The molecule has 0 radical (unpaired) electrons.